The van der Waals surface area contributed by atoms with E-state index in [1.54, 1.807) is 30.5 Å². The van der Waals surface area contributed by atoms with Crippen molar-refractivity contribution in [3.05, 3.63) is 101 Å². The number of carbonyl (C=O) groups excluding carboxylic acids is 1. The summed E-state index contributed by atoms with van der Waals surface area (Å²) in [5.41, 5.74) is 8.91. The zero-order valence-corrected chi connectivity index (χ0v) is 18.6. The van der Waals surface area contributed by atoms with Crippen LogP contribution in [0.25, 0.3) is 10.9 Å². The average Bonchev–Trinajstić information content (AvgIpc) is 3.07. The first-order chi connectivity index (χ1) is 15.6. The van der Waals surface area contributed by atoms with E-state index in [-0.39, 0.29) is 5.91 Å². The largest absolute Gasteiger partial charge is 0.494 e. The first-order valence-corrected chi connectivity index (χ1v) is 10.8. The van der Waals surface area contributed by atoms with Gasteiger partial charge in [0, 0.05) is 34.3 Å². The molecule has 0 spiro atoms. The highest BCUT2D eigenvalue weighted by Gasteiger charge is 2.13. The van der Waals surface area contributed by atoms with Gasteiger partial charge in [-0.25, -0.2) is 5.43 Å². The van der Waals surface area contributed by atoms with Crippen molar-refractivity contribution in [3.63, 3.8) is 0 Å². The number of ether oxygens (including phenoxy) is 1. The minimum Gasteiger partial charge on any atom is -0.494 e. The molecule has 0 saturated carbocycles. The van der Waals surface area contributed by atoms with Crippen molar-refractivity contribution in [1.29, 1.82) is 0 Å². The molecule has 4 aromatic rings. The van der Waals surface area contributed by atoms with Crippen LogP contribution in [0.2, 0.25) is 0 Å². The number of rotatable bonds is 7. The SMILES string of the molecule is CCOc1ccc(C(=O)N/N=C\c2c(C)n(Cc3ccc(C)cc3)c3ccccc23)cc1. The molecule has 0 aliphatic rings. The first-order valence-electron chi connectivity index (χ1n) is 10.8. The van der Waals surface area contributed by atoms with Crippen LogP contribution >= 0.6 is 0 Å². The summed E-state index contributed by atoms with van der Waals surface area (Å²) < 4.78 is 7.71. The molecule has 0 atom stereocenters. The zero-order valence-electron chi connectivity index (χ0n) is 18.6. The predicted octanol–water partition coefficient (Wildman–Crippen LogP) is 5.47. The van der Waals surface area contributed by atoms with Crippen LogP contribution in [0.3, 0.4) is 0 Å². The van der Waals surface area contributed by atoms with E-state index >= 15 is 0 Å². The van der Waals surface area contributed by atoms with E-state index in [0.717, 1.165) is 34.5 Å². The third kappa shape index (κ3) is 4.57. The summed E-state index contributed by atoms with van der Waals surface area (Å²) in [5.74, 6) is 0.481. The quantitative estimate of drug-likeness (QED) is 0.315. The smallest absolute Gasteiger partial charge is 0.271 e. The maximum atomic E-state index is 12.5. The van der Waals surface area contributed by atoms with Crippen LogP contribution in [0.5, 0.6) is 5.75 Å². The van der Waals surface area contributed by atoms with Crippen molar-refractivity contribution in [2.45, 2.75) is 27.3 Å². The minimum atomic E-state index is -0.259. The summed E-state index contributed by atoms with van der Waals surface area (Å²) in [6.45, 7) is 7.47. The van der Waals surface area contributed by atoms with Crippen LogP contribution in [0.15, 0.2) is 77.9 Å². The molecule has 0 fully saturated rings. The summed E-state index contributed by atoms with van der Waals surface area (Å²) in [7, 11) is 0. The van der Waals surface area contributed by atoms with Gasteiger partial charge in [0.05, 0.1) is 12.8 Å². The molecule has 1 N–H and O–H groups in total. The number of nitrogens with zero attached hydrogens (tertiary/aromatic N) is 2. The fraction of sp³-hybridized carbons (Fsp3) is 0.185. The van der Waals surface area contributed by atoms with Crippen LogP contribution in [0.4, 0.5) is 0 Å². The van der Waals surface area contributed by atoms with Crippen LogP contribution in [-0.4, -0.2) is 23.3 Å². The number of fused-ring (bicyclic) bond motifs is 1. The lowest BCUT2D eigenvalue weighted by molar-refractivity contribution is 0.0955. The van der Waals surface area contributed by atoms with Crippen molar-refractivity contribution in [1.82, 2.24) is 9.99 Å². The van der Waals surface area contributed by atoms with Gasteiger partial charge in [0.1, 0.15) is 5.75 Å². The molecular weight excluding hydrogens is 398 g/mol. The van der Waals surface area contributed by atoms with Gasteiger partial charge < -0.3 is 9.30 Å². The number of hydrazone groups is 1. The highest BCUT2D eigenvalue weighted by Crippen LogP contribution is 2.25. The van der Waals surface area contributed by atoms with E-state index in [1.807, 2.05) is 19.1 Å². The molecule has 162 valence electrons. The summed E-state index contributed by atoms with van der Waals surface area (Å²) in [4.78, 5) is 12.5. The fourth-order valence-electron chi connectivity index (χ4n) is 3.79. The van der Waals surface area contributed by atoms with Crippen molar-refractivity contribution >= 4 is 23.0 Å². The number of carbonyl (C=O) groups is 1. The number of amides is 1. The summed E-state index contributed by atoms with van der Waals surface area (Å²) in [5, 5.41) is 5.36. The Kier molecular flexibility index (Phi) is 6.36. The van der Waals surface area contributed by atoms with Crippen molar-refractivity contribution in [2.24, 2.45) is 5.10 Å². The third-order valence-electron chi connectivity index (χ3n) is 5.53. The van der Waals surface area contributed by atoms with Gasteiger partial charge in [0.2, 0.25) is 0 Å². The van der Waals surface area contributed by atoms with Gasteiger partial charge >= 0.3 is 0 Å². The van der Waals surface area contributed by atoms with Gasteiger partial charge in [-0.15, -0.1) is 0 Å². The van der Waals surface area contributed by atoms with Gasteiger partial charge in [-0.1, -0.05) is 48.0 Å². The number of aryl methyl sites for hydroxylation is 1. The van der Waals surface area contributed by atoms with E-state index in [0.29, 0.717) is 12.2 Å². The van der Waals surface area contributed by atoms with E-state index in [9.17, 15) is 4.79 Å². The Morgan fingerprint density at radius 3 is 2.44 bits per heavy atom. The molecule has 0 bridgehead atoms. The van der Waals surface area contributed by atoms with Gasteiger partial charge in [0.15, 0.2) is 0 Å². The maximum Gasteiger partial charge on any atom is 0.271 e. The lowest BCUT2D eigenvalue weighted by Crippen LogP contribution is -2.17. The lowest BCUT2D eigenvalue weighted by atomic mass is 10.1. The topological polar surface area (TPSA) is 55.6 Å². The molecule has 0 radical (unpaired) electrons. The predicted molar refractivity (Wildman–Crippen MR) is 130 cm³/mol. The molecule has 1 amide bonds. The second-order valence-electron chi connectivity index (χ2n) is 7.74. The fourth-order valence-corrected chi connectivity index (χ4v) is 3.79. The molecule has 5 heteroatoms. The Hall–Kier alpha value is -3.86. The Balaban J connectivity index is 1.56. The second-order valence-corrected chi connectivity index (χ2v) is 7.74. The standard InChI is InChI=1S/C27H27N3O2/c1-4-32-23-15-13-22(14-16-23)27(31)29-28-17-25-20(3)30(26-8-6-5-7-24(25)26)18-21-11-9-19(2)10-12-21/h5-17H,4,18H2,1-3H3,(H,29,31)/b28-17-. The Morgan fingerprint density at radius 2 is 1.72 bits per heavy atom. The third-order valence-corrected chi connectivity index (χ3v) is 5.53. The zero-order chi connectivity index (χ0) is 22.5. The van der Waals surface area contributed by atoms with Gasteiger partial charge in [-0.3, -0.25) is 4.79 Å². The molecule has 1 heterocycles. The lowest BCUT2D eigenvalue weighted by Gasteiger charge is -2.09. The molecule has 32 heavy (non-hydrogen) atoms. The highest BCUT2D eigenvalue weighted by molar-refractivity contribution is 6.02. The monoisotopic (exact) mass is 425 g/mol. The van der Waals surface area contributed by atoms with Gasteiger partial charge in [-0.2, -0.15) is 5.10 Å². The van der Waals surface area contributed by atoms with Crippen LogP contribution in [-0.2, 0) is 6.54 Å². The molecular formula is C27H27N3O2. The van der Waals surface area contributed by atoms with Crippen LogP contribution < -0.4 is 10.2 Å². The number of para-hydroxylation sites is 1. The van der Waals surface area contributed by atoms with Crippen molar-refractivity contribution in [2.75, 3.05) is 6.61 Å². The Labute approximate surface area is 188 Å². The van der Waals surface area contributed by atoms with E-state index in [4.69, 9.17) is 4.74 Å². The number of hydrogen-bond acceptors (Lipinski definition) is 3. The molecule has 0 saturated heterocycles. The maximum absolute atomic E-state index is 12.5. The molecule has 3 aromatic carbocycles. The van der Waals surface area contributed by atoms with Crippen LogP contribution in [0.1, 0.15) is 39.7 Å². The molecule has 1 aromatic heterocycles. The van der Waals surface area contributed by atoms with E-state index in [2.05, 4.69) is 65.3 Å². The number of hydrogen-bond donors (Lipinski definition) is 1. The first kappa shape index (κ1) is 21.4. The Morgan fingerprint density at radius 1 is 1.00 bits per heavy atom. The number of benzene rings is 3. The van der Waals surface area contributed by atoms with Gasteiger partial charge in [-0.05, 0) is 56.7 Å². The molecule has 0 unspecified atom stereocenters. The summed E-state index contributed by atoms with van der Waals surface area (Å²) in [6, 6.07) is 23.9. The minimum absolute atomic E-state index is 0.259. The van der Waals surface area contributed by atoms with Crippen molar-refractivity contribution in [3.8, 4) is 5.75 Å². The molecule has 4 rings (SSSR count). The highest BCUT2D eigenvalue weighted by atomic mass is 16.5. The summed E-state index contributed by atoms with van der Waals surface area (Å²) >= 11 is 0. The molecule has 0 aliphatic carbocycles. The average molecular weight is 426 g/mol. The van der Waals surface area contributed by atoms with Crippen molar-refractivity contribution < 1.29 is 9.53 Å². The molecule has 0 aliphatic heterocycles. The van der Waals surface area contributed by atoms with E-state index < -0.39 is 0 Å². The summed E-state index contributed by atoms with van der Waals surface area (Å²) in [6.07, 6.45) is 1.73. The van der Waals surface area contributed by atoms with Crippen LogP contribution in [0, 0.1) is 13.8 Å². The number of aromatic nitrogens is 1. The normalized spacial score (nSPS) is 11.2. The second kappa shape index (κ2) is 9.52. The van der Waals surface area contributed by atoms with E-state index in [1.165, 1.54) is 11.1 Å². The Bertz CT molecular complexity index is 1250. The van der Waals surface area contributed by atoms with Gasteiger partial charge in [0.25, 0.3) is 5.91 Å². The number of nitrogens with one attached hydrogen (secondary N) is 1. The molecule has 5 nitrogen and oxygen atoms in total.